The fourth-order valence-corrected chi connectivity index (χ4v) is 2.21. The summed E-state index contributed by atoms with van der Waals surface area (Å²) in [5.74, 6) is 0.753. The van der Waals surface area contributed by atoms with Gasteiger partial charge in [0.2, 0.25) is 0 Å². The first-order valence-electron chi connectivity index (χ1n) is 5.97. The van der Waals surface area contributed by atoms with Crippen LogP contribution in [-0.4, -0.2) is 11.2 Å². The third-order valence-electron chi connectivity index (χ3n) is 2.67. The zero-order valence-corrected chi connectivity index (χ0v) is 12.2. The Morgan fingerprint density at radius 1 is 1.32 bits per heavy atom. The lowest BCUT2D eigenvalue weighted by atomic mass is 10.1. The maximum Gasteiger partial charge on any atom is 0.250 e. The Morgan fingerprint density at radius 3 is 2.84 bits per heavy atom. The summed E-state index contributed by atoms with van der Waals surface area (Å²) in [5, 5.41) is 0. The van der Waals surface area contributed by atoms with Gasteiger partial charge in [0, 0.05) is 28.0 Å². The highest BCUT2D eigenvalue weighted by atomic mass is 79.9. The van der Waals surface area contributed by atoms with Crippen LogP contribution in [0.3, 0.4) is 0 Å². The summed E-state index contributed by atoms with van der Waals surface area (Å²) in [6.45, 7) is 2.92. The van der Waals surface area contributed by atoms with Crippen molar-refractivity contribution in [1.29, 1.82) is 0 Å². The third-order valence-corrected chi connectivity index (χ3v) is 3.14. The second-order valence-electron chi connectivity index (χ2n) is 4.11. The number of nitrogens with two attached hydrogens (primary N) is 1. The van der Waals surface area contributed by atoms with Crippen molar-refractivity contribution in [3.05, 3.63) is 56.9 Å². The number of nitrogen functional groups attached to an aromatic ring is 1. The summed E-state index contributed by atoms with van der Waals surface area (Å²) in [6.07, 6.45) is 1.75. The summed E-state index contributed by atoms with van der Waals surface area (Å²) < 4.78 is 8.02. The van der Waals surface area contributed by atoms with Crippen molar-refractivity contribution in [3.8, 4) is 5.75 Å². The maximum atomic E-state index is 11.8. The van der Waals surface area contributed by atoms with Crippen molar-refractivity contribution in [3.63, 3.8) is 0 Å². The Hall–Kier alpha value is -1.75. The number of pyridine rings is 1. The van der Waals surface area contributed by atoms with Crippen molar-refractivity contribution in [2.24, 2.45) is 0 Å². The van der Waals surface area contributed by atoms with Gasteiger partial charge in [0.1, 0.15) is 5.75 Å². The smallest absolute Gasteiger partial charge is 0.250 e. The van der Waals surface area contributed by atoms with Crippen LogP contribution < -0.4 is 16.0 Å². The van der Waals surface area contributed by atoms with Crippen LogP contribution in [-0.2, 0) is 6.54 Å². The van der Waals surface area contributed by atoms with Gasteiger partial charge >= 0.3 is 0 Å². The van der Waals surface area contributed by atoms with Gasteiger partial charge in [0.05, 0.1) is 13.2 Å². The van der Waals surface area contributed by atoms with Crippen molar-refractivity contribution >= 4 is 21.6 Å². The molecule has 0 radical (unpaired) electrons. The molecule has 0 spiro atoms. The van der Waals surface area contributed by atoms with E-state index >= 15 is 0 Å². The summed E-state index contributed by atoms with van der Waals surface area (Å²) in [6, 6.07) is 8.70. The molecule has 2 N–H and O–H groups in total. The van der Waals surface area contributed by atoms with Crippen molar-refractivity contribution < 1.29 is 4.74 Å². The molecule has 2 rings (SSSR count). The lowest BCUT2D eigenvalue weighted by Gasteiger charge is -2.12. The van der Waals surface area contributed by atoms with Crippen LogP contribution in [0, 0.1) is 0 Å². The van der Waals surface area contributed by atoms with E-state index in [0.29, 0.717) is 18.8 Å². The SMILES string of the molecule is CCOc1ccc(N)cc1Cn1cc(Br)ccc1=O. The number of hydrogen-bond acceptors (Lipinski definition) is 3. The fraction of sp³-hybridized carbons (Fsp3) is 0.214. The second kappa shape index (κ2) is 5.93. The van der Waals surface area contributed by atoms with Gasteiger partial charge < -0.3 is 15.0 Å². The first kappa shape index (κ1) is 13.7. The molecular weight excluding hydrogens is 308 g/mol. The zero-order chi connectivity index (χ0) is 13.8. The van der Waals surface area contributed by atoms with E-state index in [9.17, 15) is 4.79 Å². The average molecular weight is 323 g/mol. The van der Waals surface area contributed by atoms with Crippen LogP contribution in [0.15, 0.2) is 45.8 Å². The predicted molar refractivity (Wildman–Crippen MR) is 79.5 cm³/mol. The van der Waals surface area contributed by atoms with Gasteiger partial charge in [0.25, 0.3) is 5.56 Å². The Bertz CT molecular complexity index is 638. The number of ether oxygens (including phenoxy) is 1. The molecule has 1 heterocycles. The summed E-state index contributed by atoms with van der Waals surface area (Å²) in [4.78, 5) is 11.8. The van der Waals surface area contributed by atoms with Gasteiger partial charge in [-0.1, -0.05) is 0 Å². The van der Waals surface area contributed by atoms with Gasteiger partial charge in [-0.3, -0.25) is 4.79 Å². The van der Waals surface area contributed by atoms with E-state index in [2.05, 4.69) is 15.9 Å². The molecule has 0 aliphatic heterocycles. The minimum atomic E-state index is -0.0620. The molecule has 0 saturated heterocycles. The van der Waals surface area contributed by atoms with Gasteiger partial charge in [-0.05, 0) is 47.1 Å². The minimum absolute atomic E-state index is 0.0620. The van der Waals surface area contributed by atoms with Crippen molar-refractivity contribution in [2.75, 3.05) is 12.3 Å². The predicted octanol–water partition coefficient (Wildman–Crippen LogP) is 2.64. The highest BCUT2D eigenvalue weighted by molar-refractivity contribution is 9.10. The average Bonchev–Trinajstić information content (AvgIpc) is 2.37. The highest BCUT2D eigenvalue weighted by Gasteiger charge is 2.06. The second-order valence-corrected chi connectivity index (χ2v) is 5.03. The number of anilines is 1. The summed E-state index contributed by atoms with van der Waals surface area (Å²) in [5.41, 5.74) is 7.28. The molecule has 0 atom stereocenters. The summed E-state index contributed by atoms with van der Waals surface area (Å²) >= 11 is 3.36. The minimum Gasteiger partial charge on any atom is -0.494 e. The van der Waals surface area contributed by atoms with E-state index in [4.69, 9.17) is 10.5 Å². The Labute approximate surface area is 119 Å². The van der Waals surface area contributed by atoms with Crippen LogP contribution in [0.4, 0.5) is 5.69 Å². The first-order chi connectivity index (χ1) is 9.10. The number of rotatable bonds is 4. The molecule has 0 fully saturated rings. The van der Waals surface area contributed by atoms with Gasteiger partial charge in [0.15, 0.2) is 0 Å². The van der Waals surface area contributed by atoms with Gasteiger partial charge in [-0.15, -0.1) is 0 Å². The highest BCUT2D eigenvalue weighted by Crippen LogP contribution is 2.22. The van der Waals surface area contributed by atoms with E-state index < -0.39 is 0 Å². The maximum absolute atomic E-state index is 11.8. The Kier molecular flexibility index (Phi) is 4.27. The molecular formula is C14H15BrN2O2. The molecule has 0 amide bonds. The standard InChI is InChI=1S/C14H15BrN2O2/c1-2-19-13-5-4-12(16)7-10(13)8-17-9-11(15)3-6-14(17)18/h3-7,9H,2,8,16H2,1H3. The molecule has 1 aromatic carbocycles. The number of nitrogens with zero attached hydrogens (tertiary/aromatic N) is 1. The molecule has 4 nitrogen and oxygen atoms in total. The lowest BCUT2D eigenvalue weighted by Crippen LogP contribution is -2.19. The quantitative estimate of drug-likeness (QED) is 0.880. The van der Waals surface area contributed by atoms with E-state index in [-0.39, 0.29) is 5.56 Å². The topological polar surface area (TPSA) is 57.2 Å². The zero-order valence-electron chi connectivity index (χ0n) is 10.6. The monoisotopic (exact) mass is 322 g/mol. The van der Waals surface area contributed by atoms with Crippen LogP contribution in [0.25, 0.3) is 0 Å². The molecule has 5 heteroatoms. The molecule has 1 aromatic heterocycles. The summed E-state index contributed by atoms with van der Waals surface area (Å²) in [7, 11) is 0. The van der Waals surface area contributed by atoms with E-state index in [0.717, 1.165) is 15.8 Å². The lowest BCUT2D eigenvalue weighted by molar-refractivity contribution is 0.335. The van der Waals surface area contributed by atoms with E-state index in [1.54, 1.807) is 22.9 Å². The third kappa shape index (κ3) is 3.38. The van der Waals surface area contributed by atoms with Gasteiger partial charge in [-0.25, -0.2) is 0 Å². The molecule has 0 aliphatic carbocycles. The molecule has 0 unspecified atom stereocenters. The molecule has 0 aliphatic rings. The first-order valence-corrected chi connectivity index (χ1v) is 6.76. The van der Waals surface area contributed by atoms with Gasteiger partial charge in [-0.2, -0.15) is 0 Å². The van der Waals surface area contributed by atoms with Crippen molar-refractivity contribution in [2.45, 2.75) is 13.5 Å². The number of benzene rings is 1. The molecule has 100 valence electrons. The van der Waals surface area contributed by atoms with E-state index in [1.165, 1.54) is 6.07 Å². The molecule has 2 aromatic rings. The fourth-order valence-electron chi connectivity index (χ4n) is 1.83. The van der Waals surface area contributed by atoms with E-state index in [1.807, 2.05) is 19.1 Å². The van der Waals surface area contributed by atoms with Crippen LogP contribution in [0.1, 0.15) is 12.5 Å². The van der Waals surface area contributed by atoms with Crippen LogP contribution in [0.2, 0.25) is 0 Å². The molecule has 0 saturated carbocycles. The van der Waals surface area contributed by atoms with Crippen LogP contribution in [0.5, 0.6) is 5.75 Å². The Balaban J connectivity index is 2.39. The molecule has 0 bridgehead atoms. The van der Waals surface area contributed by atoms with Crippen molar-refractivity contribution in [1.82, 2.24) is 4.57 Å². The molecule has 19 heavy (non-hydrogen) atoms. The normalized spacial score (nSPS) is 10.4. The van der Waals surface area contributed by atoms with Crippen LogP contribution >= 0.6 is 15.9 Å². The largest absolute Gasteiger partial charge is 0.494 e. The number of hydrogen-bond donors (Lipinski definition) is 1. The number of aromatic nitrogens is 1. The number of halogens is 1. The Morgan fingerprint density at radius 2 is 2.11 bits per heavy atom.